The molecular formula is C14H20ClNO2. The lowest BCUT2D eigenvalue weighted by molar-refractivity contribution is 0.0344. The first kappa shape index (κ1) is 13.7. The average molecular weight is 270 g/mol. The molecule has 3 atom stereocenters. The van der Waals surface area contributed by atoms with Gasteiger partial charge in [0.05, 0.1) is 29.5 Å². The molecule has 1 aliphatic heterocycles. The number of halogens is 1. The Morgan fingerprint density at radius 1 is 1.44 bits per heavy atom. The summed E-state index contributed by atoms with van der Waals surface area (Å²) in [6.45, 7) is 7.50. The highest BCUT2D eigenvalue weighted by molar-refractivity contribution is 6.33. The number of anilines is 1. The normalized spacial score (nSPS) is 26.2. The van der Waals surface area contributed by atoms with Crippen LogP contribution >= 0.6 is 11.6 Å². The quantitative estimate of drug-likeness (QED) is 0.896. The zero-order valence-electron chi connectivity index (χ0n) is 11.1. The lowest BCUT2D eigenvalue weighted by Gasteiger charge is -2.39. The summed E-state index contributed by atoms with van der Waals surface area (Å²) < 4.78 is 5.62. The van der Waals surface area contributed by atoms with Crippen molar-refractivity contribution in [1.29, 1.82) is 0 Å². The van der Waals surface area contributed by atoms with Gasteiger partial charge in [0.15, 0.2) is 0 Å². The Morgan fingerprint density at radius 2 is 2.17 bits per heavy atom. The molecule has 1 fully saturated rings. The molecule has 0 radical (unpaired) electrons. The first-order chi connectivity index (χ1) is 8.49. The number of nitrogens with zero attached hydrogens (tertiary/aromatic N) is 1. The third-order valence-corrected chi connectivity index (χ3v) is 3.67. The van der Waals surface area contributed by atoms with E-state index in [0.717, 1.165) is 24.4 Å². The number of hydrogen-bond acceptors (Lipinski definition) is 3. The molecule has 0 aromatic heterocycles. The van der Waals surface area contributed by atoms with Crippen LogP contribution in [0.4, 0.5) is 5.69 Å². The maximum atomic E-state index is 9.55. The second-order valence-corrected chi connectivity index (χ2v) is 5.44. The van der Waals surface area contributed by atoms with Gasteiger partial charge in [0.25, 0.3) is 0 Å². The lowest BCUT2D eigenvalue weighted by atomic mass is 10.1. The minimum Gasteiger partial charge on any atom is -0.389 e. The second kappa shape index (κ2) is 5.47. The third-order valence-electron chi connectivity index (χ3n) is 3.37. The monoisotopic (exact) mass is 269 g/mol. The van der Waals surface area contributed by atoms with E-state index in [2.05, 4.69) is 18.7 Å². The van der Waals surface area contributed by atoms with Crippen LogP contribution in [-0.4, -0.2) is 30.4 Å². The summed E-state index contributed by atoms with van der Waals surface area (Å²) in [5.41, 5.74) is 1.86. The summed E-state index contributed by atoms with van der Waals surface area (Å²) >= 11 is 6.33. The highest BCUT2D eigenvalue weighted by atomic mass is 35.5. The molecule has 3 nitrogen and oxygen atoms in total. The molecule has 0 aliphatic carbocycles. The van der Waals surface area contributed by atoms with E-state index in [1.165, 1.54) is 0 Å². The minimum atomic E-state index is -0.488. The van der Waals surface area contributed by atoms with E-state index in [4.69, 9.17) is 16.3 Å². The maximum Gasteiger partial charge on any atom is 0.0762 e. The average Bonchev–Trinajstić information content (AvgIpc) is 2.32. The van der Waals surface area contributed by atoms with Crippen molar-refractivity contribution in [3.8, 4) is 0 Å². The zero-order chi connectivity index (χ0) is 13.3. The van der Waals surface area contributed by atoms with Gasteiger partial charge in [-0.1, -0.05) is 17.7 Å². The van der Waals surface area contributed by atoms with Crippen molar-refractivity contribution in [3.05, 3.63) is 28.8 Å². The van der Waals surface area contributed by atoms with Crippen LogP contribution in [0.15, 0.2) is 18.2 Å². The fourth-order valence-corrected chi connectivity index (χ4v) is 2.55. The molecule has 0 saturated carbocycles. The summed E-state index contributed by atoms with van der Waals surface area (Å²) in [5.74, 6) is 0. The number of ether oxygens (including phenoxy) is 1. The van der Waals surface area contributed by atoms with Crippen LogP contribution in [0.2, 0.25) is 5.02 Å². The van der Waals surface area contributed by atoms with Crippen LogP contribution in [0.1, 0.15) is 32.4 Å². The lowest BCUT2D eigenvalue weighted by Crippen LogP contribution is -2.47. The van der Waals surface area contributed by atoms with Crippen LogP contribution in [0, 0.1) is 0 Å². The van der Waals surface area contributed by atoms with Gasteiger partial charge in [-0.25, -0.2) is 0 Å². The van der Waals surface area contributed by atoms with Crippen LogP contribution in [0.5, 0.6) is 0 Å². The van der Waals surface area contributed by atoms with E-state index in [-0.39, 0.29) is 6.10 Å². The Labute approximate surface area is 113 Å². The van der Waals surface area contributed by atoms with Crippen molar-refractivity contribution in [3.63, 3.8) is 0 Å². The molecule has 0 spiro atoms. The molecule has 100 valence electrons. The van der Waals surface area contributed by atoms with E-state index >= 15 is 0 Å². The summed E-state index contributed by atoms with van der Waals surface area (Å²) in [4.78, 5) is 2.27. The first-order valence-electron chi connectivity index (χ1n) is 6.34. The summed E-state index contributed by atoms with van der Waals surface area (Å²) in [6.07, 6.45) is -0.272. The molecule has 1 aromatic carbocycles. The summed E-state index contributed by atoms with van der Waals surface area (Å²) in [5, 5.41) is 10.2. The van der Waals surface area contributed by atoms with Crippen molar-refractivity contribution in [1.82, 2.24) is 0 Å². The van der Waals surface area contributed by atoms with Crippen molar-refractivity contribution >= 4 is 17.3 Å². The van der Waals surface area contributed by atoms with E-state index < -0.39 is 6.10 Å². The zero-order valence-corrected chi connectivity index (χ0v) is 11.8. The maximum absolute atomic E-state index is 9.55. The molecule has 18 heavy (non-hydrogen) atoms. The molecule has 0 bridgehead atoms. The fraction of sp³-hybridized carbons (Fsp3) is 0.571. The smallest absolute Gasteiger partial charge is 0.0762 e. The van der Waals surface area contributed by atoms with Crippen LogP contribution in [0.3, 0.4) is 0 Å². The SMILES string of the molecule is CC1CN(c2ccc([C@@H](C)O)cc2Cl)C(C)CO1. The predicted molar refractivity (Wildman–Crippen MR) is 74.3 cm³/mol. The molecule has 1 heterocycles. The van der Waals surface area contributed by atoms with Gasteiger partial charge in [0.1, 0.15) is 0 Å². The second-order valence-electron chi connectivity index (χ2n) is 5.03. The standard InChI is InChI=1S/C14H20ClNO2/c1-9-8-18-10(2)7-16(9)14-5-4-12(11(3)17)6-13(14)15/h4-6,9-11,17H,7-8H2,1-3H3/t9?,10?,11-/m1/s1. The molecule has 2 rings (SSSR count). The van der Waals surface area contributed by atoms with Crippen molar-refractivity contribution in [2.45, 2.75) is 39.0 Å². The van der Waals surface area contributed by atoms with E-state index in [9.17, 15) is 5.11 Å². The topological polar surface area (TPSA) is 32.7 Å². The molecule has 1 aromatic rings. The summed E-state index contributed by atoms with van der Waals surface area (Å²) in [7, 11) is 0. The van der Waals surface area contributed by atoms with Crippen LogP contribution in [-0.2, 0) is 4.74 Å². The van der Waals surface area contributed by atoms with E-state index in [1.807, 2.05) is 18.2 Å². The number of aliphatic hydroxyl groups is 1. The Hall–Kier alpha value is -0.770. The van der Waals surface area contributed by atoms with Gasteiger partial charge in [-0.15, -0.1) is 0 Å². The van der Waals surface area contributed by atoms with Crippen LogP contribution in [0.25, 0.3) is 0 Å². The van der Waals surface area contributed by atoms with E-state index in [1.54, 1.807) is 6.92 Å². The molecule has 1 saturated heterocycles. The van der Waals surface area contributed by atoms with Crippen molar-refractivity contribution in [2.75, 3.05) is 18.1 Å². The van der Waals surface area contributed by atoms with E-state index in [0.29, 0.717) is 11.1 Å². The van der Waals surface area contributed by atoms with Gasteiger partial charge in [0, 0.05) is 12.6 Å². The fourth-order valence-electron chi connectivity index (χ4n) is 2.25. The van der Waals surface area contributed by atoms with Gasteiger partial charge < -0.3 is 14.7 Å². The molecular weight excluding hydrogens is 250 g/mol. The highest BCUT2D eigenvalue weighted by Gasteiger charge is 2.25. The Bertz CT molecular complexity index is 422. The van der Waals surface area contributed by atoms with Gasteiger partial charge >= 0.3 is 0 Å². The molecule has 1 aliphatic rings. The van der Waals surface area contributed by atoms with Crippen molar-refractivity contribution < 1.29 is 9.84 Å². The Morgan fingerprint density at radius 3 is 2.78 bits per heavy atom. The molecule has 2 unspecified atom stereocenters. The van der Waals surface area contributed by atoms with Gasteiger partial charge in [-0.3, -0.25) is 0 Å². The molecule has 1 N–H and O–H groups in total. The number of rotatable bonds is 2. The van der Waals surface area contributed by atoms with Gasteiger partial charge in [-0.05, 0) is 38.5 Å². The summed E-state index contributed by atoms with van der Waals surface area (Å²) in [6, 6.07) is 6.07. The largest absolute Gasteiger partial charge is 0.389 e. The molecule has 0 amide bonds. The molecule has 4 heteroatoms. The number of benzene rings is 1. The first-order valence-corrected chi connectivity index (χ1v) is 6.72. The van der Waals surface area contributed by atoms with Crippen molar-refractivity contribution in [2.24, 2.45) is 0 Å². The minimum absolute atomic E-state index is 0.216. The predicted octanol–water partition coefficient (Wildman–Crippen LogP) is 3.01. The number of aliphatic hydroxyl groups excluding tert-OH is 1. The number of morpholine rings is 1. The third kappa shape index (κ3) is 2.79. The van der Waals surface area contributed by atoms with Gasteiger partial charge in [0.2, 0.25) is 0 Å². The highest BCUT2D eigenvalue weighted by Crippen LogP contribution is 2.31. The van der Waals surface area contributed by atoms with Crippen LogP contribution < -0.4 is 4.90 Å². The Balaban J connectivity index is 2.27. The Kier molecular flexibility index (Phi) is 4.15. The van der Waals surface area contributed by atoms with Gasteiger partial charge in [-0.2, -0.15) is 0 Å². The number of hydrogen-bond donors (Lipinski definition) is 1.